The van der Waals surface area contributed by atoms with Gasteiger partial charge in [0, 0.05) is 31.4 Å². The topological polar surface area (TPSA) is 98.8 Å². The van der Waals surface area contributed by atoms with E-state index < -0.39 is 0 Å². The SMILES string of the molecule is Cn1c(=O)c(C#N)c(N2CCC(c3nc4ccccc4o3)CC2)c2cc(C#N)ccc21. The zero-order valence-electron chi connectivity index (χ0n) is 17.0. The average molecular weight is 409 g/mol. The van der Waals surface area contributed by atoms with Crippen molar-refractivity contribution in [3.8, 4) is 12.1 Å². The van der Waals surface area contributed by atoms with Crippen molar-refractivity contribution >= 4 is 27.7 Å². The van der Waals surface area contributed by atoms with Crippen molar-refractivity contribution in [1.82, 2.24) is 9.55 Å². The quantitative estimate of drug-likeness (QED) is 0.499. The summed E-state index contributed by atoms with van der Waals surface area (Å²) in [5.74, 6) is 0.920. The molecule has 0 amide bonds. The van der Waals surface area contributed by atoms with Crippen molar-refractivity contribution in [3.05, 3.63) is 69.8 Å². The van der Waals surface area contributed by atoms with Crippen molar-refractivity contribution in [2.75, 3.05) is 18.0 Å². The lowest BCUT2D eigenvalue weighted by atomic mass is 9.95. The van der Waals surface area contributed by atoms with E-state index >= 15 is 0 Å². The number of aryl methyl sites for hydroxylation is 1. The van der Waals surface area contributed by atoms with Gasteiger partial charge in [0.05, 0.1) is 22.8 Å². The minimum Gasteiger partial charge on any atom is -0.440 e. The van der Waals surface area contributed by atoms with Crippen LogP contribution in [0.2, 0.25) is 0 Å². The fourth-order valence-electron chi connectivity index (χ4n) is 4.44. The van der Waals surface area contributed by atoms with Crippen LogP contribution in [0.4, 0.5) is 5.69 Å². The molecule has 5 rings (SSSR count). The summed E-state index contributed by atoms with van der Waals surface area (Å²) in [6.45, 7) is 1.33. The maximum absolute atomic E-state index is 12.8. The predicted octanol–water partition coefficient (Wildman–Crippen LogP) is 3.81. The second kappa shape index (κ2) is 7.30. The number of nitrogens with zero attached hydrogens (tertiary/aromatic N) is 5. The number of fused-ring (bicyclic) bond motifs is 2. The van der Waals surface area contributed by atoms with Gasteiger partial charge in [0.15, 0.2) is 11.5 Å². The molecule has 3 heterocycles. The molecule has 0 saturated carbocycles. The fraction of sp³-hybridized carbons (Fsp3) is 0.250. The number of benzene rings is 2. The average Bonchev–Trinajstić information content (AvgIpc) is 3.25. The first kappa shape index (κ1) is 18.9. The maximum atomic E-state index is 12.8. The number of piperidine rings is 1. The molecule has 7 heteroatoms. The highest BCUT2D eigenvalue weighted by molar-refractivity contribution is 5.95. The molecule has 2 aromatic heterocycles. The van der Waals surface area contributed by atoms with Gasteiger partial charge in [-0.1, -0.05) is 12.1 Å². The summed E-state index contributed by atoms with van der Waals surface area (Å²) in [5.41, 5.74) is 3.26. The molecule has 0 atom stereocenters. The zero-order chi connectivity index (χ0) is 21.5. The smallest absolute Gasteiger partial charge is 0.270 e. The Balaban J connectivity index is 1.53. The molecular formula is C24H19N5O2. The summed E-state index contributed by atoms with van der Waals surface area (Å²) in [7, 11) is 1.65. The lowest BCUT2D eigenvalue weighted by Gasteiger charge is -2.33. The molecule has 7 nitrogen and oxygen atoms in total. The molecule has 0 radical (unpaired) electrons. The van der Waals surface area contributed by atoms with Crippen molar-refractivity contribution < 1.29 is 4.42 Å². The fourth-order valence-corrected chi connectivity index (χ4v) is 4.44. The number of pyridine rings is 1. The summed E-state index contributed by atoms with van der Waals surface area (Å²) >= 11 is 0. The highest BCUT2D eigenvalue weighted by Gasteiger charge is 2.28. The summed E-state index contributed by atoms with van der Waals surface area (Å²) < 4.78 is 7.43. The van der Waals surface area contributed by atoms with Gasteiger partial charge in [0.2, 0.25) is 0 Å². The standard InChI is InChI=1S/C24H19N5O2/c1-28-20-7-6-15(13-25)12-17(20)22(18(14-26)24(28)30)29-10-8-16(9-11-29)23-27-19-4-2-3-5-21(19)31-23/h2-7,12,16H,8-11H2,1H3. The van der Waals surface area contributed by atoms with Crippen LogP contribution >= 0.6 is 0 Å². The van der Waals surface area contributed by atoms with Crippen LogP contribution in [0, 0.1) is 22.7 Å². The highest BCUT2D eigenvalue weighted by Crippen LogP contribution is 2.35. The van der Waals surface area contributed by atoms with Crippen LogP contribution < -0.4 is 10.5 Å². The molecule has 1 aliphatic heterocycles. The van der Waals surface area contributed by atoms with E-state index in [2.05, 4.69) is 22.0 Å². The van der Waals surface area contributed by atoms with E-state index in [-0.39, 0.29) is 17.0 Å². The monoisotopic (exact) mass is 409 g/mol. The van der Waals surface area contributed by atoms with Crippen molar-refractivity contribution in [1.29, 1.82) is 10.5 Å². The molecule has 0 N–H and O–H groups in total. The minimum absolute atomic E-state index is 0.116. The van der Waals surface area contributed by atoms with Crippen LogP contribution in [0.25, 0.3) is 22.0 Å². The van der Waals surface area contributed by atoms with E-state index in [1.807, 2.05) is 24.3 Å². The van der Waals surface area contributed by atoms with Crippen LogP contribution in [0.5, 0.6) is 0 Å². The molecule has 0 bridgehead atoms. The molecule has 152 valence electrons. The third-order valence-corrected chi connectivity index (χ3v) is 6.08. The molecule has 2 aromatic carbocycles. The second-order valence-corrected chi connectivity index (χ2v) is 7.82. The number of hydrogen-bond acceptors (Lipinski definition) is 6. The van der Waals surface area contributed by atoms with Gasteiger partial charge in [-0.2, -0.15) is 10.5 Å². The third-order valence-electron chi connectivity index (χ3n) is 6.08. The summed E-state index contributed by atoms with van der Waals surface area (Å²) in [4.78, 5) is 19.6. The summed E-state index contributed by atoms with van der Waals surface area (Å²) in [6.07, 6.45) is 1.60. The van der Waals surface area contributed by atoms with Gasteiger partial charge >= 0.3 is 0 Å². The lowest BCUT2D eigenvalue weighted by Crippen LogP contribution is -2.35. The van der Waals surface area contributed by atoms with Gasteiger partial charge in [-0.3, -0.25) is 4.79 Å². The molecule has 1 aliphatic rings. The zero-order valence-corrected chi connectivity index (χ0v) is 17.0. The minimum atomic E-state index is -0.323. The van der Waals surface area contributed by atoms with E-state index in [9.17, 15) is 15.3 Å². The Labute approximate surface area is 178 Å². The van der Waals surface area contributed by atoms with E-state index in [1.54, 1.807) is 25.2 Å². The number of aromatic nitrogens is 2. The molecule has 0 spiro atoms. The maximum Gasteiger partial charge on any atom is 0.270 e. The first-order chi connectivity index (χ1) is 15.1. The van der Waals surface area contributed by atoms with Crippen LogP contribution in [0.3, 0.4) is 0 Å². The van der Waals surface area contributed by atoms with Gasteiger partial charge < -0.3 is 13.9 Å². The van der Waals surface area contributed by atoms with E-state index in [0.29, 0.717) is 29.9 Å². The van der Waals surface area contributed by atoms with Gasteiger partial charge in [0.1, 0.15) is 17.1 Å². The lowest BCUT2D eigenvalue weighted by molar-refractivity contribution is 0.407. The molecule has 0 aliphatic carbocycles. The van der Waals surface area contributed by atoms with E-state index in [1.165, 1.54) is 4.57 Å². The van der Waals surface area contributed by atoms with E-state index in [0.717, 1.165) is 35.2 Å². The normalized spacial score (nSPS) is 14.6. The van der Waals surface area contributed by atoms with Crippen molar-refractivity contribution in [3.63, 3.8) is 0 Å². The molecule has 1 saturated heterocycles. The highest BCUT2D eigenvalue weighted by atomic mass is 16.3. The first-order valence-corrected chi connectivity index (χ1v) is 10.2. The van der Waals surface area contributed by atoms with Crippen LogP contribution in [0.1, 0.15) is 35.8 Å². The number of anilines is 1. The van der Waals surface area contributed by atoms with Crippen molar-refractivity contribution in [2.24, 2.45) is 7.05 Å². The number of oxazole rings is 1. The number of hydrogen-bond donors (Lipinski definition) is 0. The Morgan fingerprint density at radius 3 is 2.58 bits per heavy atom. The van der Waals surface area contributed by atoms with E-state index in [4.69, 9.17) is 4.42 Å². The second-order valence-electron chi connectivity index (χ2n) is 7.82. The summed E-state index contributed by atoms with van der Waals surface area (Å²) in [5, 5.41) is 19.9. The third kappa shape index (κ3) is 3.03. The first-order valence-electron chi connectivity index (χ1n) is 10.2. The Morgan fingerprint density at radius 1 is 1.10 bits per heavy atom. The molecule has 0 unspecified atom stereocenters. The van der Waals surface area contributed by atoms with Gasteiger partial charge in [0.25, 0.3) is 5.56 Å². The van der Waals surface area contributed by atoms with Gasteiger partial charge in [-0.25, -0.2) is 4.98 Å². The molecule has 31 heavy (non-hydrogen) atoms. The van der Waals surface area contributed by atoms with Gasteiger partial charge in [-0.15, -0.1) is 0 Å². The molecular weight excluding hydrogens is 390 g/mol. The Hall–Kier alpha value is -4.10. The predicted molar refractivity (Wildman–Crippen MR) is 117 cm³/mol. The molecule has 4 aromatic rings. The van der Waals surface area contributed by atoms with Crippen molar-refractivity contribution in [2.45, 2.75) is 18.8 Å². The largest absolute Gasteiger partial charge is 0.440 e. The molecule has 1 fully saturated rings. The van der Waals surface area contributed by atoms with Crippen LogP contribution in [0.15, 0.2) is 51.7 Å². The number of para-hydroxylation sites is 2. The van der Waals surface area contributed by atoms with Gasteiger partial charge in [-0.05, 0) is 43.2 Å². The number of rotatable bonds is 2. The summed E-state index contributed by atoms with van der Waals surface area (Å²) in [6, 6.07) is 17.2. The van der Waals surface area contributed by atoms with Crippen LogP contribution in [-0.4, -0.2) is 22.6 Å². The number of nitriles is 2. The Kier molecular flexibility index (Phi) is 4.45. The Bertz CT molecular complexity index is 1430. The van der Waals surface area contributed by atoms with Crippen LogP contribution in [-0.2, 0) is 7.05 Å². The Morgan fingerprint density at radius 2 is 1.87 bits per heavy atom.